The molecule has 0 saturated heterocycles. The first-order valence-corrected chi connectivity index (χ1v) is 8.55. The van der Waals surface area contributed by atoms with Crippen molar-refractivity contribution < 1.29 is 12.7 Å². The van der Waals surface area contributed by atoms with Crippen LogP contribution < -0.4 is 11.3 Å². The zero-order valence-electron chi connectivity index (χ0n) is 13.9. The highest BCUT2D eigenvalue weighted by Crippen LogP contribution is 2.26. The van der Waals surface area contributed by atoms with Gasteiger partial charge in [-0.15, -0.1) is 9.69 Å². The van der Waals surface area contributed by atoms with Gasteiger partial charge in [-0.2, -0.15) is 8.42 Å². The average Bonchev–Trinajstić information content (AvgIpc) is 2.40. The molecule has 1 heterocycles. The van der Waals surface area contributed by atoms with E-state index in [9.17, 15) is 13.8 Å². The second kappa shape index (κ2) is 5.95. The molecule has 1 aromatic rings. The Morgan fingerprint density at radius 3 is 2.22 bits per heavy atom. The van der Waals surface area contributed by atoms with Crippen LogP contribution >= 0.6 is 0 Å². The lowest BCUT2D eigenvalue weighted by molar-refractivity contribution is -0.0802. The third kappa shape index (κ3) is 3.24. The second-order valence-corrected chi connectivity index (χ2v) is 7.26. The quantitative estimate of drug-likeness (QED) is 0.832. The number of nitrogens with zero attached hydrogens (tertiary/aromatic N) is 3. The van der Waals surface area contributed by atoms with E-state index in [-0.39, 0.29) is 10.7 Å². The lowest BCUT2D eigenvalue weighted by Crippen LogP contribution is -2.55. The van der Waals surface area contributed by atoms with Crippen LogP contribution in [0.2, 0.25) is 0 Å². The van der Waals surface area contributed by atoms with Crippen molar-refractivity contribution in [3.63, 3.8) is 0 Å². The SMILES string of the molecule is CC1=CN(OS(=O)(=O)c2c(C)cc(C)cc2C)C(C)N(N)C1=[N]. The van der Waals surface area contributed by atoms with Gasteiger partial charge in [0.25, 0.3) is 0 Å². The maximum Gasteiger partial charge on any atom is 0.318 e. The Hall–Kier alpha value is -1.90. The molecule has 2 rings (SSSR count). The number of benzene rings is 1. The van der Waals surface area contributed by atoms with Crippen molar-refractivity contribution in [2.45, 2.75) is 45.7 Å². The van der Waals surface area contributed by atoms with E-state index >= 15 is 0 Å². The van der Waals surface area contributed by atoms with Crippen molar-refractivity contribution in [3.05, 3.63) is 40.6 Å². The van der Waals surface area contributed by atoms with Crippen LogP contribution in [0.25, 0.3) is 0 Å². The number of hydrazine groups is 1. The molecule has 23 heavy (non-hydrogen) atoms. The van der Waals surface area contributed by atoms with Crippen molar-refractivity contribution in [2.75, 3.05) is 0 Å². The van der Waals surface area contributed by atoms with Crippen LogP contribution in [0.15, 0.2) is 28.8 Å². The standard InChI is InChI=1S/C15H21N4O3S/c1-9-6-10(2)14(11(3)7-9)23(20,21)22-18-8-12(4)15(16)19(17)13(18)5/h6-8,13H,17H2,1-5H3. The van der Waals surface area contributed by atoms with Gasteiger partial charge in [-0.05, 0) is 45.7 Å². The molecule has 0 bridgehead atoms. The Labute approximate surface area is 136 Å². The van der Waals surface area contributed by atoms with E-state index in [2.05, 4.69) is 0 Å². The molecule has 1 unspecified atom stereocenters. The zero-order chi connectivity index (χ0) is 17.5. The lowest BCUT2D eigenvalue weighted by atomic mass is 10.1. The van der Waals surface area contributed by atoms with E-state index in [1.54, 1.807) is 39.8 Å². The van der Waals surface area contributed by atoms with Crippen LogP contribution in [0.1, 0.15) is 30.5 Å². The van der Waals surface area contributed by atoms with E-state index in [0.29, 0.717) is 16.7 Å². The van der Waals surface area contributed by atoms with E-state index in [4.69, 9.17) is 10.1 Å². The van der Waals surface area contributed by atoms with Crippen molar-refractivity contribution in [1.29, 1.82) is 0 Å². The molecule has 0 aromatic heterocycles. The van der Waals surface area contributed by atoms with E-state index < -0.39 is 16.3 Å². The fraction of sp³-hybridized carbons (Fsp3) is 0.400. The summed E-state index contributed by atoms with van der Waals surface area (Å²) in [5.74, 6) is 5.60. The fourth-order valence-corrected chi connectivity index (χ4v) is 4.03. The first-order chi connectivity index (χ1) is 10.5. The predicted molar refractivity (Wildman–Crippen MR) is 87.1 cm³/mol. The molecule has 1 aliphatic heterocycles. The van der Waals surface area contributed by atoms with Gasteiger partial charge in [0.05, 0.1) is 0 Å². The Balaban J connectivity index is 2.42. The summed E-state index contributed by atoms with van der Waals surface area (Å²) in [6.07, 6.45) is 0.722. The first kappa shape index (κ1) is 17.5. The van der Waals surface area contributed by atoms with E-state index in [0.717, 1.165) is 15.6 Å². The van der Waals surface area contributed by atoms with Gasteiger partial charge in [-0.25, -0.2) is 10.9 Å². The first-order valence-electron chi connectivity index (χ1n) is 7.14. The molecule has 1 aromatic carbocycles. The Bertz CT molecular complexity index is 763. The van der Waals surface area contributed by atoms with Gasteiger partial charge in [0, 0.05) is 11.8 Å². The average molecular weight is 337 g/mol. The summed E-state index contributed by atoms with van der Waals surface area (Å²) in [4.78, 5) is 0.142. The van der Waals surface area contributed by atoms with Gasteiger partial charge in [-0.1, -0.05) is 17.7 Å². The fourth-order valence-electron chi connectivity index (χ4n) is 2.66. The summed E-state index contributed by atoms with van der Waals surface area (Å²) in [6, 6.07) is 3.58. The van der Waals surface area contributed by atoms with Gasteiger partial charge in [-0.3, -0.25) is 5.01 Å². The molecule has 0 fully saturated rings. The monoisotopic (exact) mass is 337 g/mol. The van der Waals surface area contributed by atoms with Crippen LogP contribution in [0.4, 0.5) is 0 Å². The summed E-state index contributed by atoms with van der Waals surface area (Å²) >= 11 is 0. The molecule has 8 heteroatoms. The van der Waals surface area contributed by atoms with Crippen molar-refractivity contribution in [1.82, 2.24) is 15.5 Å². The van der Waals surface area contributed by atoms with Crippen molar-refractivity contribution in [2.24, 2.45) is 5.84 Å². The maximum absolute atomic E-state index is 12.7. The molecule has 0 amide bonds. The highest BCUT2D eigenvalue weighted by molar-refractivity contribution is 7.86. The minimum atomic E-state index is -4.03. The highest BCUT2D eigenvalue weighted by Gasteiger charge is 2.32. The third-order valence-electron chi connectivity index (χ3n) is 3.73. The number of aryl methyl sites for hydroxylation is 3. The molecule has 0 spiro atoms. The van der Waals surface area contributed by atoms with Gasteiger partial charge in [0.1, 0.15) is 11.1 Å². The molecule has 1 atom stereocenters. The number of hydrogen-bond acceptors (Lipinski definition) is 5. The molecule has 2 N–H and O–H groups in total. The third-order valence-corrected chi connectivity index (χ3v) is 5.24. The number of nitrogens with two attached hydrogens (primary N) is 1. The molecular formula is C15H21N4O3S. The molecule has 0 aliphatic carbocycles. The topological polar surface area (TPSA) is 98.2 Å². The Morgan fingerprint density at radius 2 is 1.70 bits per heavy atom. The Kier molecular flexibility index (Phi) is 4.52. The number of amidine groups is 1. The molecular weight excluding hydrogens is 316 g/mol. The zero-order valence-corrected chi connectivity index (χ0v) is 14.7. The second-order valence-electron chi connectivity index (χ2n) is 5.79. The molecule has 0 saturated carbocycles. The minimum Gasteiger partial charge on any atom is -0.268 e. The summed E-state index contributed by atoms with van der Waals surface area (Å²) in [5.41, 5.74) is 2.62. The summed E-state index contributed by atoms with van der Waals surface area (Å²) in [7, 11) is -4.03. The summed E-state index contributed by atoms with van der Waals surface area (Å²) in [5, 5.41) is 11.9. The van der Waals surface area contributed by atoms with Gasteiger partial charge in [0.2, 0.25) is 0 Å². The molecule has 1 radical (unpaired) electrons. The van der Waals surface area contributed by atoms with Crippen LogP contribution in [-0.4, -0.2) is 30.5 Å². The Morgan fingerprint density at radius 1 is 1.17 bits per heavy atom. The van der Waals surface area contributed by atoms with Crippen LogP contribution in [0, 0.1) is 20.8 Å². The number of hydroxylamine groups is 2. The van der Waals surface area contributed by atoms with Crippen LogP contribution in [0.5, 0.6) is 0 Å². The lowest BCUT2D eigenvalue weighted by Gasteiger charge is -2.37. The van der Waals surface area contributed by atoms with Crippen LogP contribution in [0.3, 0.4) is 0 Å². The van der Waals surface area contributed by atoms with Crippen molar-refractivity contribution in [3.8, 4) is 0 Å². The molecule has 1 aliphatic rings. The number of hydrogen-bond donors (Lipinski definition) is 1. The molecule has 7 nitrogen and oxygen atoms in total. The number of rotatable bonds is 3. The van der Waals surface area contributed by atoms with Gasteiger partial charge >= 0.3 is 10.1 Å². The van der Waals surface area contributed by atoms with Gasteiger partial charge in [0.15, 0.2) is 5.84 Å². The van der Waals surface area contributed by atoms with Crippen LogP contribution in [-0.2, 0) is 14.4 Å². The van der Waals surface area contributed by atoms with Gasteiger partial charge < -0.3 is 0 Å². The minimum absolute atomic E-state index is 0.127. The highest BCUT2D eigenvalue weighted by atomic mass is 32.2. The van der Waals surface area contributed by atoms with Crippen molar-refractivity contribution >= 4 is 16.0 Å². The predicted octanol–water partition coefficient (Wildman–Crippen LogP) is 1.17. The smallest absolute Gasteiger partial charge is 0.268 e. The summed E-state index contributed by atoms with van der Waals surface area (Å²) < 4.78 is 30.6. The maximum atomic E-state index is 12.7. The molecule has 125 valence electrons. The largest absolute Gasteiger partial charge is 0.318 e. The van der Waals surface area contributed by atoms with E-state index in [1.807, 2.05) is 6.92 Å². The normalized spacial score (nSPS) is 19.1. The van der Waals surface area contributed by atoms with E-state index in [1.165, 1.54) is 6.20 Å². The summed E-state index contributed by atoms with van der Waals surface area (Å²) in [6.45, 7) is 8.58.